The Labute approximate surface area is 176 Å². The second-order valence-corrected chi connectivity index (χ2v) is 8.61. The van der Waals surface area contributed by atoms with Crippen molar-refractivity contribution in [3.63, 3.8) is 0 Å². The average Bonchev–Trinajstić information content (AvgIpc) is 3.08. The van der Waals surface area contributed by atoms with Crippen LogP contribution in [0.3, 0.4) is 0 Å². The van der Waals surface area contributed by atoms with Gasteiger partial charge in [-0.15, -0.1) is 0 Å². The van der Waals surface area contributed by atoms with E-state index in [1.165, 1.54) is 5.56 Å². The summed E-state index contributed by atoms with van der Waals surface area (Å²) >= 11 is 6.20. The molecule has 0 saturated carbocycles. The molecule has 2 aliphatic rings. The maximum atomic E-state index is 12.8. The van der Waals surface area contributed by atoms with Crippen LogP contribution < -0.4 is 5.32 Å². The number of nitrogens with zero attached hydrogens (tertiary/aromatic N) is 2. The van der Waals surface area contributed by atoms with Gasteiger partial charge in [0.25, 0.3) is 0 Å². The van der Waals surface area contributed by atoms with E-state index in [4.69, 9.17) is 11.6 Å². The van der Waals surface area contributed by atoms with E-state index in [1.54, 1.807) is 7.05 Å². The molecule has 0 radical (unpaired) electrons. The van der Waals surface area contributed by atoms with E-state index < -0.39 is 0 Å². The van der Waals surface area contributed by atoms with E-state index >= 15 is 0 Å². The maximum Gasteiger partial charge on any atom is 0.227 e. The van der Waals surface area contributed by atoms with Gasteiger partial charge in [0.1, 0.15) is 0 Å². The number of benzene rings is 2. The van der Waals surface area contributed by atoms with Crippen molar-refractivity contribution in [3.8, 4) is 0 Å². The SMILES string of the molecule is CNC(=O)C1CN(Cc2ccccc2)CC12CN(C(=O)Cc1ccccc1Cl)C2. The third kappa shape index (κ3) is 4.02. The number of hydrogen-bond acceptors (Lipinski definition) is 3. The number of hydrogen-bond donors (Lipinski definition) is 1. The minimum Gasteiger partial charge on any atom is -0.359 e. The summed E-state index contributed by atoms with van der Waals surface area (Å²) in [5, 5.41) is 3.44. The van der Waals surface area contributed by atoms with Crippen LogP contribution in [0.15, 0.2) is 54.6 Å². The molecule has 152 valence electrons. The molecule has 5 nitrogen and oxygen atoms in total. The molecular formula is C23H26ClN3O2. The van der Waals surface area contributed by atoms with Crippen LogP contribution in [0.4, 0.5) is 0 Å². The van der Waals surface area contributed by atoms with Gasteiger partial charge in [0, 0.05) is 50.2 Å². The lowest BCUT2D eigenvalue weighted by molar-refractivity contribution is -0.149. The minimum atomic E-state index is -0.162. The molecule has 2 aliphatic heterocycles. The highest BCUT2D eigenvalue weighted by Crippen LogP contribution is 2.44. The van der Waals surface area contributed by atoms with Gasteiger partial charge in [0.05, 0.1) is 12.3 Å². The number of halogens is 1. The highest BCUT2D eigenvalue weighted by atomic mass is 35.5. The molecule has 1 N–H and O–H groups in total. The molecule has 1 unspecified atom stereocenters. The van der Waals surface area contributed by atoms with Crippen molar-refractivity contribution < 1.29 is 9.59 Å². The second-order valence-electron chi connectivity index (χ2n) is 8.20. The quantitative estimate of drug-likeness (QED) is 0.822. The minimum absolute atomic E-state index is 0.0683. The fraction of sp³-hybridized carbons (Fsp3) is 0.391. The third-order valence-electron chi connectivity index (χ3n) is 6.19. The number of rotatable bonds is 5. The summed E-state index contributed by atoms with van der Waals surface area (Å²) in [7, 11) is 1.69. The number of carbonyl (C=O) groups excluding carboxylic acids is 2. The Morgan fingerprint density at radius 2 is 1.76 bits per heavy atom. The molecule has 0 aliphatic carbocycles. The molecule has 2 amide bonds. The van der Waals surface area contributed by atoms with Crippen LogP contribution in [0, 0.1) is 11.3 Å². The molecular weight excluding hydrogens is 386 g/mol. The van der Waals surface area contributed by atoms with Crippen molar-refractivity contribution in [1.29, 1.82) is 0 Å². The van der Waals surface area contributed by atoms with Gasteiger partial charge in [0.2, 0.25) is 11.8 Å². The zero-order valence-electron chi connectivity index (χ0n) is 16.6. The number of likely N-dealkylation sites (tertiary alicyclic amines) is 2. The average molecular weight is 412 g/mol. The van der Waals surface area contributed by atoms with E-state index in [0.29, 0.717) is 24.5 Å². The highest BCUT2D eigenvalue weighted by molar-refractivity contribution is 6.31. The van der Waals surface area contributed by atoms with Crippen LogP contribution in [0.1, 0.15) is 11.1 Å². The molecule has 2 heterocycles. The normalized spacial score (nSPS) is 20.5. The molecule has 2 fully saturated rings. The molecule has 2 saturated heterocycles. The lowest BCUT2D eigenvalue weighted by Gasteiger charge is -2.50. The van der Waals surface area contributed by atoms with Crippen LogP contribution in [-0.4, -0.2) is 54.8 Å². The zero-order chi connectivity index (χ0) is 20.4. The standard InChI is InChI=1S/C23H26ClN3O2/c1-25-22(29)19-13-26(12-17-7-3-2-4-8-17)14-23(19)15-27(16-23)21(28)11-18-9-5-6-10-20(18)24/h2-10,19H,11-16H2,1H3,(H,25,29). The Morgan fingerprint density at radius 1 is 1.07 bits per heavy atom. The monoisotopic (exact) mass is 411 g/mol. The van der Waals surface area contributed by atoms with E-state index in [0.717, 1.165) is 25.2 Å². The van der Waals surface area contributed by atoms with Gasteiger partial charge in [-0.25, -0.2) is 0 Å². The molecule has 6 heteroatoms. The Morgan fingerprint density at radius 3 is 2.45 bits per heavy atom. The summed E-state index contributed by atoms with van der Waals surface area (Å²) in [6, 6.07) is 17.8. The first kappa shape index (κ1) is 19.9. The molecule has 2 aromatic carbocycles. The van der Waals surface area contributed by atoms with E-state index in [2.05, 4.69) is 22.3 Å². The van der Waals surface area contributed by atoms with Crippen LogP contribution in [0.5, 0.6) is 0 Å². The molecule has 2 aromatic rings. The number of carbonyl (C=O) groups is 2. The summed E-state index contributed by atoms with van der Waals surface area (Å²) in [5.74, 6) is 0.0419. The Balaban J connectivity index is 1.43. The summed E-state index contributed by atoms with van der Waals surface area (Å²) < 4.78 is 0. The molecule has 0 aromatic heterocycles. The van der Waals surface area contributed by atoms with Crippen molar-refractivity contribution in [3.05, 3.63) is 70.7 Å². The fourth-order valence-electron chi connectivity index (χ4n) is 4.70. The van der Waals surface area contributed by atoms with E-state index in [-0.39, 0.29) is 23.1 Å². The zero-order valence-corrected chi connectivity index (χ0v) is 17.4. The van der Waals surface area contributed by atoms with Gasteiger partial charge < -0.3 is 10.2 Å². The first-order valence-corrected chi connectivity index (χ1v) is 10.4. The predicted molar refractivity (Wildman–Crippen MR) is 113 cm³/mol. The Hall–Kier alpha value is -2.37. The molecule has 29 heavy (non-hydrogen) atoms. The van der Waals surface area contributed by atoms with E-state index in [9.17, 15) is 9.59 Å². The van der Waals surface area contributed by atoms with Gasteiger partial charge in [-0.3, -0.25) is 14.5 Å². The summed E-state index contributed by atoms with van der Waals surface area (Å²) in [6.07, 6.45) is 0.300. The summed E-state index contributed by atoms with van der Waals surface area (Å²) in [5.41, 5.74) is 1.93. The predicted octanol–water partition coefficient (Wildman–Crippen LogP) is 2.59. The second kappa shape index (κ2) is 8.17. The van der Waals surface area contributed by atoms with Gasteiger partial charge in [0.15, 0.2) is 0 Å². The van der Waals surface area contributed by atoms with E-state index in [1.807, 2.05) is 47.4 Å². The van der Waals surface area contributed by atoms with Gasteiger partial charge in [-0.2, -0.15) is 0 Å². The molecule has 4 rings (SSSR count). The van der Waals surface area contributed by atoms with Crippen LogP contribution >= 0.6 is 11.6 Å². The van der Waals surface area contributed by atoms with Crippen molar-refractivity contribution in [2.45, 2.75) is 13.0 Å². The highest BCUT2D eigenvalue weighted by Gasteiger charge is 2.57. The summed E-state index contributed by atoms with van der Waals surface area (Å²) in [4.78, 5) is 29.5. The summed E-state index contributed by atoms with van der Waals surface area (Å²) in [6.45, 7) is 3.62. The molecule has 1 spiro atoms. The number of nitrogens with one attached hydrogen (secondary N) is 1. The largest absolute Gasteiger partial charge is 0.359 e. The fourth-order valence-corrected chi connectivity index (χ4v) is 4.90. The van der Waals surface area contributed by atoms with Crippen LogP contribution in [0.2, 0.25) is 5.02 Å². The van der Waals surface area contributed by atoms with Crippen molar-refractivity contribution >= 4 is 23.4 Å². The van der Waals surface area contributed by atoms with Gasteiger partial charge >= 0.3 is 0 Å². The topological polar surface area (TPSA) is 52.7 Å². The van der Waals surface area contributed by atoms with Crippen LogP contribution in [-0.2, 0) is 22.6 Å². The van der Waals surface area contributed by atoms with Crippen molar-refractivity contribution in [1.82, 2.24) is 15.1 Å². The number of amides is 2. The van der Waals surface area contributed by atoms with Gasteiger partial charge in [-0.1, -0.05) is 60.1 Å². The van der Waals surface area contributed by atoms with Crippen LogP contribution in [0.25, 0.3) is 0 Å². The molecule has 0 bridgehead atoms. The lowest BCUT2D eigenvalue weighted by atomic mass is 9.71. The third-order valence-corrected chi connectivity index (χ3v) is 6.56. The van der Waals surface area contributed by atoms with Gasteiger partial charge in [-0.05, 0) is 17.2 Å². The van der Waals surface area contributed by atoms with Crippen molar-refractivity contribution in [2.75, 3.05) is 33.2 Å². The molecule has 1 atom stereocenters. The first-order valence-electron chi connectivity index (χ1n) is 10.00. The Bertz CT molecular complexity index is 896. The lowest BCUT2D eigenvalue weighted by Crippen LogP contribution is -2.64. The van der Waals surface area contributed by atoms with Crippen molar-refractivity contribution in [2.24, 2.45) is 11.3 Å². The maximum absolute atomic E-state index is 12.8. The Kier molecular flexibility index (Phi) is 5.61. The smallest absolute Gasteiger partial charge is 0.227 e. The first-order chi connectivity index (χ1) is 14.0.